The molecule has 0 amide bonds. The molecule has 102 valence electrons. The fourth-order valence-corrected chi connectivity index (χ4v) is 3.66. The fourth-order valence-electron chi connectivity index (χ4n) is 2.14. The van der Waals surface area contributed by atoms with Gasteiger partial charge in [-0.2, -0.15) is 0 Å². The molecule has 2 aromatic heterocycles. The Morgan fingerprint density at radius 1 is 1.15 bits per heavy atom. The molecule has 0 spiro atoms. The number of pyridine rings is 1. The molecular weight excluding hydrogens is 313 g/mol. The van der Waals surface area contributed by atoms with Crippen LogP contribution in [0.25, 0.3) is 10.9 Å². The zero-order valence-electron chi connectivity index (χ0n) is 10.6. The van der Waals surface area contributed by atoms with Crippen molar-refractivity contribution in [1.82, 2.24) is 4.98 Å². The molecule has 1 unspecified atom stereocenters. The maximum absolute atomic E-state index is 10.4. The van der Waals surface area contributed by atoms with Crippen molar-refractivity contribution in [3.63, 3.8) is 0 Å². The summed E-state index contributed by atoms with van der Waals surface area (Å²) in [6, 6.07) is 11.3. The minimum absolute atomic E-state index is 0.518. The first-order valence-corrected chi connectivity index (χ1v) is 7.62. The van der Waals surface area contributed by atoms with E-state index < -0.39 is 6.10 Å². The molecule has 0 aliphatic heterocycles. The molecule has 1 aromatic carbocycles. The fraction of sp³-hybridized carbons (Fsp3) is 0.133. The highest BCUT2D eigenvalue weighted by atomic mass is 35.5. The summed E-state index contributed by atoms with van der Waals surface area (Å²) in [6.07, 6.45) is -0.781. The van der Waals surface area contributed by atoms with Crippen molar-refractivity contribution < 1.29 is 5.11 Å². The minimum atomic E-state index is -0.781. The molecule has 3 rings (SSSR count). The van der Waals surface area contributed by atoms with Gasteiger partial charge in [0.25, 0.3) is 0 Å². The van der Waals surface area contributed by atoms with Gasteiger partial charge in [0.15, 0.2) is 0 Å². The topological polar surface area (TPSA) is 33.1 Å². The van der Waals surface area contributed by atoms with Crippen molar-refractivity contribution in [3.05, 3.63) is 61.9 Å². The Kier molecular flexibility index (Phi) is 3.69. The van der Waals surface area contributed by atoms with Crippen molar-refractivity contribution in [1.29, 1.82) is 0 Å². The Labute approximate surface area is 130 Å². The van der Waals surface area contributed by atoms with E-state index in [9.17, 15) is 5.11 Å². The molecule has 0 fully saturated rings. The highest BCUT2D eigenvalue weighted by Crippen LogP contribution is 2.37. The van der Waals surface area contributed by atoms with Crippen LogP contribution in [-0.4, -0.2) is 10.1 Å². The summed E-state index contributed by atoms with van der Waals surface area (Å²) in [7, 11) is 0. The van der Waals surface area contributed by atoms with Crippen molar-refractivity contribution in [2.75, 3.05) is 0 Å². The monoisotopic (exact) mass is 323 g/mol. The van der Waals surface area contributed by atoms with Crippen molar-refractivity contribution >= 4 is 45.4 Å². The number of rotatable bonds is 2. The molecule has 20 heavy (non-hydrogen) atoms. The third-order valence-electron chi connectivity index (χ3n) is 3.15. The van der Waals surface area contributed by atoms with Gasteiger partial charge in [0, 0.05) is 16.6 Å². The molecule has 2 nitrogen and oxygen atoms in total. The second kappa shape index (κ2) is 5.34. The van der Waals surface area contributed by atoms with Crippen LogP contribution in [0.15, 0.2) is 36.4 Å². The van der Waals surface area contributed by atoms with E-state index in [-0.39, 0.29) is 0 Å². The molecule has 0 saturated heterocycles. The van der Waals surface area contributed by atoms with E-state index in [1.54, 1.807) is 6.07 Å². The predicted molar refractivity (Wildman–Crippen MR) is 84.9 cm³/mol. The number of fused-ring (bicyclic) bond motifs is 1. The summed E-state index contributed by atoms with van der Waals surface area (Å²) < 4.78 is 1.09. The first-order chi connectivity index (χ1) is 9.54. The number of halogens is 2. The molecule has 0 radical (unpaired) electrons. The van der Waals surface area contributed by atoms with E-state index in [2.05, 4.69) is 4.98 Å². The van der Waals surface area contributed by atoms with Crippen LogP contribution in [0, 0.1) is 6.92 Å². The average Bonchev–Trinajstić information content (AvgIpc) is 2.76. The molecule has 2 heterocycles. The zero-order chi connectivity index (χ0) is 14.3. The second-order valence-corrected chi connectivity index (χ2v) is 6.87. The van der Waals surface area contributed by atoms with E-state index in [0.717, 1.165) is 22.2 Å². The number of nitrogens with zero attached hydrogens (tertiary/aromatic N) is 1. The Hall–Kier alpha value is -1.13. The summed E-state index contributed by atoms with van der Waals surface area (Å²) in [5.74, 6) is 0. The quantitative estimate of drug-likeness (QED) is 0.720. The lowest BCUT2D eigenvalue weighted by atomic mass is 10.0. The standard InChI is InChI=1S/C15H11Cl2NOS/c1-8-2-3-9-6-10(4-5-12(9)18-8)14(19)11-7-13(16)20-15(11)17/h2-7,14,19H,1H3. The van der Waals surface area contributed by atoms with Crippen molar-refractivity contribution in [2.24, 2.45) is 0 Å². The van der Waals surface area contributed by atoms with Gasteiger partial charge in [-0.25, -0.2) is 0 Å². The van der Waals surface area contributed by atoms with Gasteiger partial charge < -0.3 is 5.11 Å². The Morgan fingerprint density at radius 2 is 1.95 bits per heavy atom. The van der Waals surface area contributed by atoms with Gasteiger partial charge in [-0.15, -0.1) is 11.3 Å². The second-order valence-electron chi connectivity index (χ2n) is 4.59. The van der Waals surface area contributed by atoms with Crippen LogP contribution in [0.3, 0.4) is 0 Å². The third-order valence-corrected chi connectivity index (χ3v) is 4.66. The maximum atomic E-state index is 10.4. The van der Waals surface area contributed by atoms with Gasteiger partial charge in [0.05, 0.1) is 9.85 Å². The lowest BCUT2D eigenvalue weighted by molar-refractivity contribution is 0.221. The molecule has 0 bridgehead atoms. The zero-order valence-corrected chi connectivity index (χ0v) is 12.9. The molecule has 0 aliphatic carbocycles. The van der Waals surface area contributed by atoms with Crippen molar-refractivity contribution in [2.45, 2.75) is 13.0 Å². The average molecular weight is 324 g/mol. The van der Waals surface area contributed by atoms with Gasteiger partial charge in [-0.3, -0.25) is 4.98 Å². The van der Waals surface area contributed by atoms with E-state index in [1.165, 1.54) is 11.3 Å². The number of aromatic nitrogens is 1. The first-order valence-electron chi connectivity index (χ1n) is 6.05. The lowest BCUT2D eigenvalue weighted by Crippen LogP contribution is -1.98. The number of aliphatic hydroxyl groups is 1. The third kappa shape index (κ3) is 2.54. The molecule has 3 aromatic rings. The number of hydrogen-bond acceptors (Lipinski definition) is 3. The van der Waals surface area contributed by atoms with Crippen LogP contribution < -0.4 is 0 Å². The van der Waals surface area contributed by atoms with Gasteiger partial charge in [0.2, 0.25) is 0 Å². The van der Waals surface area contributed by atoms with Gasteiger partial charge in [-0.05, 0) is 36.8 Å². The smallest absolute Gasteiger partial charge is 0.106 e. The van der Waals surface area contributed by atoms with Gasteiger partial charge in [-0.1, -0.05) is 35.3 Å². The summed E-state index contributed by atoms with van der Waals surface area (Å²) in [6.45, 7) is 1.95. The maximum Gasteiger partial charge on any atom is 0.106 e. The van der Waals surface area contributed by atoms with Crippen LogP contribution in [0.1, 0.15) is 22.9 Å². The molecule has 1 N–H and O–H groups in total. The minimum Gasteiger partial charge on any atom is -0.384 e. The molecule has 0 saturated carbocycles. The molecule has 1 atom stereocenters. The van der Waals surface area contributed by atoms with E-state index in [0.29, 0.717) is 14.2 Å². The van der Waals surface area contributed by atoms with Crippen LogP contribution >= 0.6 is 34.5 Å². The van der Waals surface area contributed by atoms with E-state index >= 15 is 0 Å². The van der Waals surface area contributed by atoms with Crippen LogP contribution in [0.2, 0.25) is 8.67 Å². The SMILES string of the molecule is Cc1ccc2cc(C(O)c3cc(Cl)sc3Cl)ccc2n1. The van der Waals surface area contributed by atoms with Crippen LogP contribution in [0.5, 0.6) is 0 Å². The Morgan fingerprint density at radius 3 is 2.65 bits per heavy atom. The lowest BCUT2D eigenvalue weighted by Gasteiger charge is -2.11. The summed E-state index contributed by atoms with van der Waals surface area (Å²) in [5.41, 5.74) is 3.30. The number of aryl methyl sites for hydroxylation is 1. The Balaban J connectivity index is 2.05. The van der Waals surface area contributed by atoms with Crippen LogP contribution in [0.4, 0.5) is 0 Å². The van der Waals surface area contributed by atoms with Gasteiger partial charge in [0.1, 0.15) is 10.4 Å². The number of hydrogen-bond donors (Lipinski definition) is 1. The van der Waals surface area contributed by atoms with E-state index in [4.69, 9.17) is 23.2 Å². The molecule has 0 aliphatic rings. The first kappa shape index (κ1) is 13.8. The van der Waals surface area contributed by atoms with E-state index in [1.807, 2.05) is 37.3 Å². The highest BCUT2D eigenvalue weighted by molar-refractivity contribution is 7.20. The summed E-state index contributed by atoms with van der Waals surface area (Å²) in [5, 5.41) is 11.4. The molecular formula is C15H11Cl2NOS. The number of benzene rings is 1. The predicted octanol–water partition coefficient (Wildman–Crippen LogP) is 4.99. The number of aliphatic hydroxyl groups excluding tert-OH is 1. The number of thiophene rings is 1. The van der Waals surface area contributed by atoms with Crippen molar-refractivity contribution in [3.8, 4) is 0 Å². The summed E-state index contributed by atoms with van der Waals surface area (Å²) in [4.78, 5) is 4.44. The van der Waals surface area contributed by atoms with Gasteiger partial charge >= 0.3 is 0 Å². The molecule has 5 heteroatoms. The Bertz CT molecular complexity index is 785. The highest BCUT2D eigenvalue weighted by Gasteiger charge is 2.17. The van der Waals surface area contributed by atoms with Crippen LogP contribution in [-0.2, 0) is 0 Å². The largest absolute Gasteiger partial charge is 0.384 e. The normalized spacial score (nSPS) is 12.8. The summed E-state index contributed by atoms with van der Waals surface area (Å²) >= 11 is 13.3.